The van der Waals surface area contributed by atoms with E-state index in [4.69, 9.17) is 0 Å². The molecule has 1 aromatic rings. The molecule has 3 amide bonds. The minimum Gasteiger partial charge on any atom is -0.352 e. The van der Waals surface area contributed by atoms with Crippen LogP contribution < -0.4 is 16.0 Å². The van der Waals surface area contributed by atoms with Crippen LogP contribution in [0.25, 0.3) is 6.08 Å². The Bertz CT molecular complexity index is 568. The summed E-state index contributed by atoms with van der Waals surface area (Å²) in [6, 6.07) is 8.65. The van der Waals surface area contributed by atoms with Crippen LogP contribution in [-0.4, -0.2) is 36.3 Å². The van der Waals surface area contributed by atoms with Crippen LogP contribution in [0.3, 0.4) is 0 Å². The molecule has 23 heavy (non-hydrogen) atoms. The van der Waals surface area contributed by atoms with Crippen molar-refractivity contribution in [2.24, 2.45) is 0 Å². The molecule has 6 heteroatoms. The second kappa shape index (κ2) is 9.40. The standard InChI is InChI=1S/C17H23N3O3/c1-12(2)19-16(22)11-18-17(23)13(3)20-15(21)10-9-14-7-5-4-6-8-14/h4-10,12-13H,11H2,1-3H3,(H,18,23)(H,19,22)(H,20,21)/b10-9+/t13-/m0/s1. The molecule has 0 aliphatic heterocycles. The zero-order valence-electron chi connectivity index (χ0n) is 13.6. The molecule has 6 nitrogen and oxygen atoms in total. The van der Waals surface area contributed by atoms with E-state index in [9.17, 15) is 14.4 Å². The maximum atomic E-state index is 11.8. The Kier molecular flexibility index (Phi) is 7.53. The summed E-state index contributed by atoms with van der Waals surface area (Å²) in [5.74, 6) is -1.05. The zero-order chi connectivity index (χ0) is 17.2. The van der Waals surface area contributed by atoms with E-state index in [-0.39, 0.29) is 24.4 Å². The van der Waals surface area contributed by atoms with Gasteiger partial charge in [0.25, 0.3) is 0 Å². The topological polar surface area (TPSA) is 87.3 Å². The maximum absolute atomic E-state index is 11.8. The van der Waals surface area contributed by atoms with Crippen molar-refractivity contribution in [2.75, 3.05) is 6.54 Å². The van der Waals surface area contributed by atoms with Crippen molar-refractivity contribution in [3.05, 3.63) is 42.0 Å². The molecule has 0 unspecified atom stereocenters. The lowest BCUT2D eigenvalue weighted by Crippen LogP contribution is -2.47. The van der Waals surface area contributed by atoms with Gasteiger partial charge in [-0.3, -0.25) is 14.4 Å². The maximum Gasteiger partial charge on any atom is 0.244 e. The normalized spacial score (nSPS) is 12.0. The molecule has 3 N–H and O–H groups in total. The molecule has 1 rings (SSSR count). The summed E-state index contributed by atoms with van der Waals surface area (Å²) in [4.78, 5) is 35.0. The number of hydrogen-bond donors (Lipinski definition) is 3. The molecular weight excluding hydrogens is 294 g/mol. The van der Waals surface area contributed by atoms with Gasteiger partial charge in [-0.1, -0.05) is 30.3 Å². The Morgan fingerprint density at radius 3 is 2.30 bits per heavy atom. The number of carbonyl (C=O) groups excluding carboxylic acids is 3. The summed E-state index contributed by atoms with van der Waals surface area (Å²) in [5.41, 5.74) is 0.894. The first-order chi connectivity index (χ1) is 10.9. The highest BCUT2D eigenvalue weighted by Crippen LogP contribution is 2.00. The van der Waals surface area contributed by atoms with E-state index >= 15 is 0 Å². The van der Waals surface area contributed by atoms with E-state index in [1.165, 1.54) is 6.08 Å². The van der Waals surface area contributed by atoms with Gasteiger partial charge >= 0.3 is 0 Å². The molecular formula is C17H23N3O3. The monoisotopic (exact) mass is 317 g/mol. The Morgan fingerprint density at radius 1 is 1.04 bits per heavy atom. The highest BCUT2D eigenvalue weighted by atomic mass is 16.2. The van der Waals surface area contributed by atoms with Gasteiger partial charge in [0, 0.05) is 12.1 Å². The molecule has 124 valence electrons. The van der Waals surface area contributed by atoms with Crippen LogP contribution in [-0.2, 0) is 14.4 Å². The quantitative estimate of drug-likeness (QED) is 0.651. The van der Waals surface area contributed by atoms with Crippen molar-refractivity contribution in [2.45, 2.75) is 32.9 Å². The molecule has 0 bridgehead atoms. The van der Waals surface area contributed by atoms with Crippen molar-refractivity contribution in [3.63, 3.8) is 0 Å². The number of carbonyl (C=O) groups is 3. The third kappa shape index (κ3) is 7.80. The molecule has 0 saturated carbocycles. The zero-order valence-corrected chi connectivity index (χ0v) is 13.6. The predicted octanol–water partition coefficient (Wildman–Crippen LogP) is 0.845. The van der Waals surface area contributed by atoms with Crippen LogP contribution in [0.4, 0.5) is 0 Å². The lowest BCUT2D eigenvalue weighted by Gasteiger charge is -2.13. The molecule has 0 aliphatic carbocycles. The SMILES string of the molecule is CC(C)NC(=O)CNC(=O)[C@H](C)NC(=O)/C=C/c1ccccc1. The summed E-state index contributed by atoms with van der Waals surface area (Å²) in [5, 5.41) is 7.69. The van der Waals surface area contributed by atoms with E-state index in [1.807, 2.05) is 44.2 Å². The number of benzene rings is 1. The van der Waals surface area contributed by atoms with Gasteiger partial charge in [0.05, 0.1) is 6.54 Å². The molecule has 0 saturated heterocycles. The largest absolute Gasteiger partial charge is 0.352 e. The van der Waals surface area contributed by atoms with E-state index in [0.717, 1.165) is 5.56 Å². The fourth-order valence-electron chi connectivity index (χ4n) is 1.76. The Hall–Kier alpha value is -2.63. The summed E-state index contributed by atoms with van der Waals surface area (Å²) >= 11 is 0. The van der Waals surface area contributed by atoms with Gasteiger partial charge in [0.2, 0.25) is 17.7 Å². The first kappa shape index (κ1) is 18.4. The number of amides is 3. The summed E-state index contributed by atoms with van der Waals surface area (Å²) in [6.07, 6.45) is 3.03. The Morgan fingerprint density at radius 2 is 1.70 bits per heavy atom. The summed E-state index contributed by atoms with van der Waals surface area (Å²) in [7, 11) is 0. The number of nitrogens with one attached hydrogen (secondary N) is 3. The van der Waals surface area contributed by atoms with Gasteiger partial charge in [-0.05, 0) is 32.4 Å². The van der Waals surface area contributed by atoms with Gasteiger partial charge in [-0.15, -0.1) is 0 Å². The highest BCUT2D eigenvalue weighted by Gasteiger charge is 2.15. The lowest BCUT2D eigenvalue weighted by atomic mass is 10.2. The van der Waals surface area contributed by atoms with Crippen molar-refractivity contribution in [1.82, 2.24) is 16.0 Å². The predicted molar refractivity (Wildman–Crippen MR) is 89.4 cm³/mol. The molecule has 0 spiro atoms. The number of rotatable bonds is 7. The van der Waals surface area contributed by atoms with Crippen molar-refractivity contribution >= 4 is 23.8 Å². The van der Waals surface area contributed by atoms with Gasteiger partial charge in [-0.25, -0.2) is 0 Å². The van der Waals surface area contributed by atoms with Crippen LogP contribution >= 0.6 is 0 Å². The Balaban J connectivity index is 2.38. The van der Waals surface area contributed by atoms with Crippen molar-refractivity contribution in [3.8, 4) is 0 Å². The van der Waals surface area contributed by atoms with Crippen LogP contribution in [0.1, 0.15) is 26.3 Å². The highest BCUT2D eigenvalue weighted by molar-refractivity contribution is 5.96. The van der Waals surface area contributed by atoms with Gasteiger partial charge in [-0.2, -0.15) is 0 Å². The van der Waals surface area contributed by atoms with E-state index in [2.05, 4.69) is 16.0 Å². The average molecular weight is 317 g/mol. The fraction of sp³-hybridized carbons (Fsp3) is 0.353. The van der Waals surface area contributed by atoms with Crippen LogP contribution in [0, 0.1) is 0 Å². The second-order valence-corrected chi connectivity index (χ2v) is 5.41. The van der Waals surface area contributed by atoms with Crippen LogP contribution in [0.2, 0.25) is 0 Å². The van der Waals surface area contributed by atoms with Crippen molar-refractivity contribution < 1.29 is 14.4 Å². The van der Waals surface area contributed by atoms with Gasteiger partial charge in [0.15, 0.2) is 0 Å². The van der Waals surface area contributed by atoms with Gasteiger partial charge in [0.1, 0.15) is 6.04 Å². The second-order valence-electron chi connectivity index (χ2n) is 5.41. The van der Waals surface area contributed by atoms with E-state index in [1.54, 1.807) is 13.0 Å². The first-order valence-corrected chi connectivity index (χ1v) is 7.49. The first-order valence-electron chi connectivity index (χ1n) is 7.49. The summed E-state index contributed by atoms with van der Waals surface area (Å²) < 4.78 is 0. The molecule has 0 aromatic heterocycles. The molecule has 0 fully saturated rings. The Labute approximate surface area is 136 Å². The van der Waals surface area contributed by atoms with Crippen LogP contribution in [0.5, 0.6) is 0 Å². The molecule has 0 aliphatic rings. The molecule has 0 heterocycles. The smallest absolute Gasteiger partial charge is 0.244 e. The summed E-state index contributed by atoms with van der Waals surface area (Å²) in [6.45, 7) is 5.12. The molecule has 0 radical (unpaired) electrons. The minimum atomic E-state index is -0.727. The average Bonchev–Trinajstić information content (AvgIpc) is 2.51. The molecule has 1 atom stereocenters. The lowest BCUT2D eigenvalue weighted by molar-refractivity contribution is -0.128. The minimum absolute atomic E-state index is 0.0136. The van der Waals surface area contributed by atoms with E-state index in [0.29, 0.717) is 0 Å². The molecule has 1 aromatic carbocycles. The van der Waals surface area contributed by atoms with Crippen molar-refractivity contribution in [1.29, 1.82) is 0 Å². The fourth-order valence-corrected chi connectivity index (χ4v) is 1.76. The third-order valence-corrected chi connectivity index (χ3v) is 2.85. The van der Waals surface area contributed by atoms with E-state index < -0.39 is 11.9 Å². The third-order valence-electron chi connectivity index (χ3n) is 2.85. The van der Waals surface area contributed by atoms with Crippen LogP contribution in [0.15, 0.2) is 36.4 Å². The van der Waals surface area contributed by atoms with Gasteiger partial charge < -0.3 is 16.0 Å². The number of hydrogen-bond acceptors (Lipinski definition) is 3.